The van der Waals surface area contributed by atoms with Crippen molar-refractivity contribution in [2.45, 2.75) is 5.41 Å². The van der Waals surface area contributed by atoms with Crippen LogP contribution in [0.25, 0.3) is 78.7 Å². The third kappa shape index (κ3) is 5.74. The van der Waals surface area contributed by atoms with Crippen molar-refractivity contribution in [3.8, 4) is 67.7 Å². The molecule has 11 aromatic rings. The van der Waals surface area contributed by atoms with Gasteiger partial charge in [0.05, 0.1) is 27.8 Å². The molecule has 0 aliphatic heterocycles. The smallest absolute Gasteiger partial charge is 0.248 e. The van der Waals surface area contributed by atoms with E-state index in [1.54, 1.807) is 0 Å². The number of para-hydroxylation sites is 2. The van der Waals surface area contributed by atoms with Crippen LogP contribution in [0.5, 0.6) is 0 Å². The number of fused-ring (bicyclic) bond motifs is 11. The third-order valence-corrected chi connectivity index (χ3v) is 13.1. The van der Waals surface area contributed by atoms with Crippen LogP contribution in [0.2, 0.25) is 0 Å². The number of hydrogen-bond donors (Lipinski definition) is 0. The fraction of sp³-hybridized carbons (Fsp3) is 0.0169. The van der Waals surface area contributed by atoms with Gasteiger partial charge in [-0.05, 0) is 117 Å². The van der Waals surface area contributed by atoms with Crippen molar-refractivity contribution < 1.29 is 4.42 Å². The van der Waals surface area contributed by atoms with Gasteiger partial charge in [-0.2, -0.15) is 0 Å². The van der Waals surface area contributed by atoms with E-state index in [0.29, 0.717) is 11.8 Å². The van der Waals surface area contributed by atoms with Crippen LogP contribution < -0.4 is 4.90 Å². The monoisotopic (exact) mass is 831 g/mol. The number of anilines is 3. The maximum atomic E-state index is 6.19. The lowest BCUT2D eigenvalue weighted by molar-refractivity contribution is 0.584. The first-order valence-corrected chi connectivity index (χ1v) is 21.9. The summed E-state index contributed by atoms with van der Waals surface area (Å²) in [6, 6.07) is 79.2. The summed E-state index contributed by atoms with van der Waals surface area (Å²) in [4.78, 5) is 12.7. The highest BCUT2D eigenvalue weighted by molar-refractivity contribution is 5.96. The lowest BCUT2D eigenvalue weighted by Crippen LogP contribution is -2.26. The average molecular weight is 832 g/mol. The maximum Gasteiger partial charge on any atom is 0.248 e. The summed E-state index contributed by atoms with van der Waals surface area (Å²) in [7, 11) is 0. The second kappa shape index (κ2) is 14.7. The maximum absolute atomic E-state index is 6.19. The van der Waals surface area contributed by atoms with Crippen molar-refractivity contribution in [1.29, 1.82) is 0 Å². The summed E-state index contributed by atoms with van der Waals surface area (Å²) in [5.41, 5.74) is 19.9. The topological polar surface area (TPSA) is 67.9 Å². The zero-order chi connectivity index (χ0) is 42.9. The molecule has 65 heavy (non-hydrogen) atoms. The Morgan fingerprint density at radius 3 is 1.23 bits per heavy atom. The van der Waals surface area contributed by atoms with Crippen molar-refractivity contribution in [3.63, 3.8) is 0 Å². The van der Waals surface area contributed by atoms with E-state index in [9.17, 15) is 0 Å². The number of nitrogens with zero attached hydrogens (tertiary/aromatic N) is 5. The Hall–Kier alpha value is -8.74. The lowest BCUT2D eigenvalue weighted by Gasteiger charge is -2.32. The molecule has 6 heteroatoms. The van der Waals surface area contributed by atoms with Crippen LogP contribution in [-0.2, 0) is 5.41 Å². The molecule has 2 aromatic heterocycles. The molecule has 0 saturated carbocycles. The van der Waals surface area contributed by atoms with Gasteiger partial charge in [-0.3, -0.25) is 0 Å². The molecular formula is C59H37N5O. The van der Waals surface area contributed by atoms with Gasteiger partial charge in [-0.25, -0.2) is 9.97 Å². The fourth-order valence-corrected chi connectivity index (χ4v) is 10.2. The third-order valence-electron chi connectivity index (χ3n) is 13.1. The van der Waals surface area contributed by atoms with E-state index in [1.165, 1.54) is 44.5 Å². The van der Waals surface area contributed by atoms with Gasteiger partial charge < -0.3 is 9.32 Å². The molecule has 0 radical (unpaired) electrons. The number of aromatic nitrogens is 4. The van der Waals surface area contributed by atoms with Crippen molar-refractivity contribution in [2.75, 3.05) is 4.90 Å². The highest BCUT2D eigenvalue weighted by atomic mass is 16.4. The minimum absolute atomic E-state index is 0.466. The number of rotatable bonds is 7. The summed E-state index contributed by atoms with van der Waals surface area (Å²) in [6.07, 6.45) is 0. The first-order valence-electron chi connectivity index (χ1n) is 21.9. The van der Waals surface area contributed by atoms with Gasteiger partial charge in [0.2, 0.25) is 11.8 Å². The van der Waals surface area contributed by atoms with Crippen LogP contribution in [0, 0.1) is 0 Å². The lowest BCUT2D eigenvalue weighted by atomic mass is 9.70. The van der Waals surface area contributed by atoms with Crippen molar-refractivity contribution in [1.82, 2.24) is 20.2 Å². The Morgan fingerprint density at radius 1 is 0.323 bits per heavy atom. The minimum Gasteiger partial charge on any atom is -0.416 e. The fourth-order valence-electron chi connectivity index (χ4n) is 10.2. The average Bonchev–Trinajstić information content (AvgIpc) is 4.08. The zero-order valence-corrected chi connectivity index (χ0v) is 35.0. The summed E-state index contributed by atoms with van der Waals surface area (Å²) < 4.78 is 6.19. The first kappa shape index (κ1) is 36.9. The van der Waals surface area contributed by atoms with E-state index in [4.69, 9.17) is 14.4 Å². The van der Waals surface area contributed by atoms with Gasteiger partial charge in [0.1, 0.15) is 0 Å². The molecule has 0 atom stereocenters. The molecule has 0 bridgehead atoms. The molecule has 2 aliphatic rings. The van der Waals surface area contributed by atoms with E-state index in [2.05, 4.69) is 167 Å². The number of hydrogen-bond acceptors (Lipinski definition) is 6. The molecule has 2 aliphatic carbocycles. The molecule has 0 unspecified atom stereocenters. The Morgan fingerprint density at radius 2 is 0.708 bits per heavy atom. The van der Waals surface area contributed by atoms with Gasteiger partial charge in [-0.1, -0.05) is 152 Å². The van der Waals surface area contributed by atoms with Gasteiger partial charge >= 0.3 is 0 Å². The molecule has 304 valence electrons. The predicted octanol–water partition coefficient (Wildman–Crippen LogP) is 14.5. The van der Waals surface area contributed by atoms with Gasteiger partial charge in [0.25, 0.3) is 0 Å². The highest BCUT2D eigenvalue weighted by Gasteiger charge is 2.51. The van der Waals surface area contributed by atoms with E-state index >= 15 is 0 Å². The second-order valence-electron chi connectivity index (χ2n) is 16.6. The van der Waals surface area contributed by atoms with Crippen LogP contribution in [0.15, 0.2) is 229 Å². The van der Waals surface area contributed by atoms with Gasteiger partial charge in [0, 0.05) is 39.3 Å². The minimum atomic E-state index is -0.481. The Balaban J connectivity index is 0.978. The Bertz CT molecular complexity index is 3540. The molecular weight excluding hydrogens is 795 g/mol. The van der Waals surface area contributed by atoms with Crippen LogP contribution in [-0.4, -0.2) is 20.2 Å². The molecule has 6 nitrogen and oxygen atoms in total. The van der Waals surface area contributed by atoms with Crippen molar-refractivity contribution in [3.05, 3.63) is 247 Å². The zero-order valence-electron chi connectivity index (χ0n) is 35.0. The molecule has 0 fully saturated rings. The molecule has 0 N–H and O–H groups in total. The largest absolute Gasteiger partial charge is 0.416 e. The molecule has 13 rings (SSSR count). The molecule has 9 aromatic carbocycles. The van der Waals surface area contributed by atoms with Crippen LogP contribution in [0.3, 0.4) is 0 Å². The Labute approximate surface area is 375 Å². The first-order chi connectivity index (χ1) is 32.2. The summed E-state index contributed by atoms with van der Waals surface area (Å²) in [5.74, 6) is 0.953. The molecule has 0 amide bonds. The van der Waals surface area contributed by atoms with Crippen molar-refractivity contribution in [2.24, 2.45) is 0 Å². The van der Waals surface area contributed by atoms with Crippen LogP contribution in [0.4, 0.5) is 17.1 Å². The van der Waals surface area contributed by atoms with Crippen LogP contribution in [0.1, 0.15) is 22.3 Å². The number of benzene rings is 9. The normalized spacial score (nSPS) is 12.7. The quantitative estimate of drug-likeness (QED) is 0.159. The summed E-state index contributed by atoms with van der Waals surface area (Å²) >= 11 is 0. The SMILES string of the molecule is c1ccc(-c2nnc(-c3ccc(N(c4ccc(-c5nc6ccccc6nc5-c5ccccc5)cc4)c4ccc5c(c4)C4(c6ccccc6-c6ccccc64)c4ccccc4-5)cc3)o2)cc1. The van der Waals surface area contributed by atoms with Gasteiger partial charge in [-0.15, -0.1) is 10.2 Å². The van der Waals surface area contributed by atoms with E-state index in [0.717, 1.165) is 61.7 Å². The molecule has 2 heterocycles. The van der Waals surface area contributed by atoms with E-state index < -0.39 is 5.41 Å². The molecule has 0 saturated heterocycles. The van der Waals surface area contributed by atoms with E-state index in [-0.39, 0.29) is 0 Å². The highest BCUT2D eigenvalue weighted by Crippen LogP contribution is 2.63. The van der Waals surface area contributed by atoms with Gasteiger partial charge in [0.15, 0.2) is 0 Å². The molecule has 1 spiro atoms. The summed E-state index contributed by atoms with van der Waals surface area (Å²) in [6.45, 7) is 0. The van der Waals surface area contributed by atoms with Crippen molar-refractivity contribution >= 4 is 28.1 Å². The van der Waals surface area contributed by atoms with E-state index in [1.807, 2.05) is 72.8 Å². The van der Waals surface area contributed by atoms with Crippen LogP contribution >= 0.6 is 0 Å². The Kier molecular flexibility index (Phi) is 8.33. The standard InChI is InChI=1S/C59H37N5O/c1-3-15-38(16-4-1)55-56(61-54-26-14-13-25-53(54)60-55)39-27-31-42(32-28-39)64(43-33-29-41(30-34-43)58-63-62-57(65-58)40-17-5-2-6-18-40)44-35-36-48-47-21-9-12-24-51(47)59(52(48)37-44)49-22-10-7-19-45(49)46-20-8-11-23-50(46)59/h1-37H. The second-order valence-corrected chi connectivity index (χ2v) is 16.6. The predicted molar refractivity (Wildman–Crippen MR) is 260 cm³/mol. The summed E-state index contributed by atoms with van der Waals surface area (Å²) in [5, 5.41) is 8.81.